The second-order valence-corrected chi connectivity index (χ2v) is 5.07. The van der Waals surface area contributed by atoms with Crippen LogP contribution >= 0.6 is 0 Å². The Morgan fingerprint density at radius 1 is 1.56 bits per heavy atom. The van der Waals surface area contributed by atoms with Crippen LogP contribution in [0.3, 0.4) is 0 Å². The molecule has 2 rings (SSSR count). The molecule has 3 N–H and O–H groups in total. The van der Waals surface area contributed by atoms with Crippen molar-refractivity contribution >= 4 is 11.4 Å². The van der Waals surface area contributed by atoms with Crippen molar-refractivity contribution in [1.29, 1.82) is 5.26 Å². The second kappa shape index (κ2) is 5.74. The Hall–Kier alpha value is -1.73. The van der Waals surface area contributed by atoms with Gasteiger partial charge in [0.1, 0.15) is 6.07 Å². The number of nitrogens with one attached hydrogen (secondary N) is 1. The summed E-state index contributed by atoms with van der Waals surface area (Å²) in [6.07, 6.45) is 2.56. The minimum Gasteiger partial charge on any atom is -0.398 e. The second-order valence-electron chi connectivity index (χ2n) is 5.07. The van der Waals surface area contributed by atoms with E-state index < -0.39 is 0 Å². The van der Waals surface area contributed by atoms with Crippen molar-refractivity contribution < 1.29 is 0 Å². The zero-order chi connectivity index (χ0) is 13.0. The van der Waals surface area contributed by atoms with Crippen LogP contribution in [0.25, 0.3) is 0 Å². The Balaban J connectivity index is 1.90. The molecule has 4 nitrogen and oxygen atoms in total. The molecule has 0 amide bonds. The molecule has 0 saturated carbocycles. The van der Waals surface area contributed by atoms with Crippen molar-refractivity contribution in [2.75, 3.05) is 37.7 Å². The summed E-state index contributed by atoms with van der Waals surface area (Å²) in [4.78, 5) is 2.38. The monoisotopic (exact) mass is 244 g/mol. The number of anilines is 2. The number of piperidine rings is 1. The molecule has 0 bridgehead atoms. The Morgan fingerprint density at radius 3 is 3.06 bits per heavy atom. The molecule has 1 aromatic rings. The third kappa shape index (κ3) is 3.14. The first-order valence-corrected chi connectivity index (χ1v) is 6.41. The standard InChI is InChI=1S/C14H20N4/c1-18-6-2-3-11(10-18)9-17-13-5-4-12(8-15)14(16)7-13/h4-5,7,11,17H,2-3,6,9-10,16H2,1H3. The molecule has 4 heteroatoms. The van der Waals surface area contributed by atoms with E-state index >= 15 is 0 Å². The smallest absolute Gasteiger partial charge is 0.101 e. The first-order valence-electron chi connectivity index (χ1n) is 6.41. The fourth-order valence-electron chi connectivity index (χ4n) is 2.48. The average Bonchev–Trinajstić information content (AvgIpc) is 2.37. The molecule has 1 heterocycles. The zero-order valence-electron chi connectivity index (χ0n) is 10.8. The molecule has 0 radical (unpaired) electrons. The van der Waals surface area contributed by atoms with E-state index in [1.54, 1.807) is 6.07 Å². The maximum atomic E-state index is 8.82. The minimum absolute atomic E-state index is 0.540. The van der Waals surface area contributed by atoms with E-state index in [1.165, 1.54) is 19.4 Å². The average molecular weight is 244 g/mol. The van der Waals surface area contributed by atoms with Crippen LogP contribution in [-0.2, 0) is 0 Å². The summed E-state index contributed by atoms with van der Waals surface area (Å²) in [6, 6.07) is 7.60. The molecular formula is C14H20N4. The number of nitrogen functional groups attached to an aromatic ring is 1. The number of benzene rings is 1. The van der Waals surface area contributed by atoms with Crippen LogP contribution in [0.2, 0.25) is 0 Å². The minimum atomic E-state index is 0.540. The van der Waals surface area contributed by atoms with Crippen molar-refractivity contribution in [2.24, 2.45) is 5.92 Å². The fraction of sp³-hybridized carbons (Fsp3) is 0.500. The summed E-state index contributed by atoms with van der Waals surface area (Å²) in [5.41, 5.74) is 7.88. The summed E-state index contributed by atoms with van der Waals surface area (Å²) in [6.45, 7) is 3.33. The van der Waals surface area contributed by atoms with E-state index in [-0.39, 0.29) is 0 Å². The lowest BCUT2D eigenvalue weighted by molar-refractivity contribution is 0.217. The van der Waals surface area contributed by atoms with Gasteiger partial charge < -0.3 is 16.0 Å². The molecule has 1 fully saturated rings. The van der Waals surface area contributed by atoms with Crippen molar-refractivity contribution in [3.8, 4) is 6.07 Å². The summed E-state index contributed by atoms with van der Waals surface area (Å²) in [5.74, 6) is 0.695. The number of hydrogen-bond acceptors (Lipinski definition) is 4. The lowest BCUT2D eigenvalue weighted by atomic mass is 9.98. The van der Waals surface area contributed by atoms with E-state index in [0.29, 0.717) is 17.2 Å². The fourth-order valence-corrected chi connectivity index (χ4v) is 2.48. The summed E-state index contributed by atoms with van der Waals surface area (Å²) in [7, 11) is 2.17. The number of nitriles is 1. The summed E-state index contributed by atoms with van der Waals surface area (Å²) >= 11 is 0. The predicted molar refractivity (Wildman–Crippen MR) is 74.3 cm³/mol. The van der Waals surface area contributed by atoms with Gasteiger partial charge in [0.2, 0.25) is 0 Å². The SMILES string of the molecule is CN1CCCC(CNc2ccc(C#N)c(N)c2)C1. The normalized spacial score (nSPS) is 20.3. The number of likely N-dealkylation sites (tertiary alicyclic amines) is 1. The first kappa shape index (κ1) is 12.7. The molecule has 0 aliphatic carbocycles. The van der Waals surface area contributed by atoms with Gasteiger partial charge in [-0.1, -0.05) is 0 Å². The Kier molecular flexibility index (Phi) is 4.06. The number of hydrogen-bond donors (Lipinski definition) is 2. The van der Waals surface area contributed by atoms with Gasteiger partial charge >= 0.3 is 0 Å². The first-order chi connectivity index (χ1) is 8.69. The topological polar surface area (TPSA) is 65.1 Å². The van der Waals surface area contributed by atoms with Gasteiger partial charge in [0.25, 0.3) is 0 Å². The van der Waals surface area contributed by atoms with Gasteiger partial charge in [-0.05, 0) is 50.6 Å². The van der Waals surface area contributed by atoms with Crippen LogP contribution in [0.4, 0.5) is 11.4 Å². The van der Waals surface area contributed by atoms with E-state index in [9.17, 15) is 0 Å². The maximum absolute atomic E-state index is 8.82. The molecular weight excluding hydrogens is 224 g/mol. The quantitative estimate of drug-likeness (QED) is 0.797. The highest BCUT2D eigenvalue weighted by molar-refractivity contribution is 5.62. The molecule has 18 heavy (non-hydrogen) atoms. The van der Waals surface area contributed by atoms with Gasteiger partial charge in [-0.3, -0.25) is 0 Å². The highest BCUT2D eigenvalue weighted by atomic mass is 15.1. The van der Waals surface area contributed by atoms with E-state index in [4.69, 9.17) is 11.0 Å². The molecule has 1 aromatic carbocycles. The zero-order valence-corrected chi connectivity index (χ0v) is 10.8. The summed E-state index contributed by atoms with van der Waals surface area (Å²) < 4.78 is 0. The van der Waals surface area contributed by atoms with Crippen LogP contribution in [0.1, 0.15) is 18.4 Å². The van der Waals surface area contributed by atoms with Crippen molar-refractivity contribution in [2.45, 2.75) is 12.8 Å². The van der Waals surface area contributed by atoms with Gasteiger partial charge in [0.05, 0.1) is 11.3 Å². The lowest BCUT2D eigenvalue weighted by Crippen LogP contribution is -2.35. The molecule has 1 unspecified atom stereocenters. The van der Waals surface area contributed by atoms with Gasteiger partial charge in [-0.2, -0.15) is 5.26 Å². The van der Waals surface area contributed by atoms with Gasteiger partial charge in [0.15, 0.2) is 0 Å². The Labute approximate surface area is 108 Å². The molecule has 1 aliphatic rings. The molecule has 1 saturated heterocycles. The van der Waals surface area contributed by atoms with E-state index in [1.807, 2.05) is 12.1 Å². The lowest BCUT2D eigenvalue weighted by Gasteiger charge is -2.30. The van der Waals surface area contributed by atoms with Crippen LogP contribution in [0.5, 0.6) is 0 Å². The summed E-state index contributed by atoms with van der Waals surface area (Å²) in [5, 5.41) is 12.2. The van der Waals surface area contributed by atoms with Crippen LogP contribution in [0.15, 0.2) is 18.2 Å². The van der Waals surface area contributed by atoms with Crippen molar-refractivity contribution in [3.63, 3.8) is 0 Å². The highest BCUT2D eigenvalue weighted by Gasteiger charge is 2.16. The van der Waals surface area contributed by atoms with Gasteiger partial charge in [0, 0.05) is 18.8 Å². The Bertz CT molecular complexity index is 450. The predicted octanol–water partition coefficient (Wildman–Crippen LogP) is 1.89. The molecule has 96 valence electrons. The van der Waals surface area contributed by atoms with Crippen LogP contribution in [0, 0.1) is 17.2 Å². The van der Waals surface area contributed by atoms with E-state index in [2.05, 4.69) is 23.3 Å². The third-order valence-electron chi connectivity index (χ3n) is 3.49. The third-order valence-corrected chi connectivity index (χ3v) is 3.49. The van der Waals surface area contributed by atoms with Crippen molar-refractivity contribution in [3.05, 3.63) is 23.8 Å². The van der Waals surface area contributed by atoms with Crippen molar-refractivity contribution in [1.82, 2.24) is 4.90 Å². The Morgan fingerprint density at radius 2 is 2.39 bits per heavy atom. The molecule has 0 spiro atoms. The van der Waals surface area contributed by atoms with Gasteiger partial charge in [-0.25, -0.2) is 0 Å². The largest absolute Gasteiger partial charge is 0.398 e. The highest BCUT2D eigenvalue weighted by Crippen LogP contribution is 2.19. The van der Waals surface area contributed by atoms with Gasteiger partial charge in [-0.15, -0.1) is 0 Å². The molecule has 1 atom stereocenters. The maximum Gasteiger partial charge on any atom is 0.101 e. The van der Waals surface area contributed by atoms with E-state index in [0.717, 1.165) is 18.8 Å². The van der Waals surface area contributed by atoms with Crippen LogP contribution < -0.4 is 11.1 Å². The molecule has 1 aliphatic heterocycles. The molecule has 0 aromatic heterocycles. The number of nitrogens with two attached hydrogens (primary N) is 1. The number of nitrogens with zero attached hydrogens (tertiary/aromatic N) is 2. The van der Waals surface area contributed by atoms with Crippen LogP contribution in [-0.4, -0.2) is 31.6 Å². The number of rotatable bonds is 3.